The molecular weight excluding hydrogens is 342 g/mol. The number of morpholine rings is 1. The highest BCUT2D eigenvalue weighted by Gasteiger charge is 2.23. The van der Waals surface area contributed by atoms with E-state index in [0.717, 1.165) is 61.9 Å². The summed E-state index contributed by atoms with van der Waals surface area (Å²) in [5.41, 5.74) is 2.10. The Morgan fingerprint density at radius 2 is 1.96 bits per heavy atom. The van der Waals surface area contributed by atoms with E-state index in [-0.39, 0.29) is 6.04 Å². The number of nitrogens with one attached hydrogen (secondary N) is 1. The van der Waals surface area contributed by atoms with Crippen molar-refractivity contribution in [1.29, 1.82) is 0 Å². The quantitative estimate of drug-likeness (QED) is 0.711. The van der Waals surface area contributed by atoms with Crippen molar-refractivity contribution < 1.29 is 4.74 Å². The first-order valence-corrected chi connectivity index (χ1v) is 9.40. The van der Waals surface area contributed by atoms with E-state index < -0.39 is 0 Å². The molecular formula is C19H25N7O. The van der Waals surface area contributed by atoms with Crippen molar-refractivity contribution in [3.05, 3.63) is 42.1 Å². The van der Waals surface area contributed by atoms with Crippen LogP contribution in [0.1, 0.15) is 24.4 Å². The third-order valence-corrected chi connectivity index (χ3v) is 4.99. The van der Waals surface area contributed by atoms with Gasteiger partial charge in [0.25, 0.3) is 0 Å². The average Bonchev–Trinajstić information content (AvgIpc) is 3.10. The Bertz CT molecular complexity index is 890. The predicted octanol–water partition coefficient (Wildman–Crippen LogP) is 1.81. The third-order valence-electron chi connectivity index (χ3n) is 4.99. The lowest BCUT2D eigenvalue weighted by Gasteiger charge is -2.35. The number of hydrogen-bond donors (Lipinski definition) is 1. The number of rotatable bonds is 6. The molecule has 3 aromatic heterocycles. The summed E-state index contributed by atoms with van der Waals surface area (Å²) in [6.45, 7) is 6.18. The van der Waals surface area contributed by atoms with Gasteiger partial charge in [0.1, 0.15) is 11.6 Å². The van der Waals surface area contributed by atoms with E-state index >= 15 is 0 Å². The van der Waals surface area contributed by atoms with E-state index in [0.29, 0.717) is 0 Å². The Kier molecular flexibility index (Phi) is 5.26. The summed E-state index contributed by atoms with van der Waals surface area (Å²) in [4.78, 5) is 15.9. The Morgan fingerprint density at radius 1 is 1.19 bits per heavy atom. The molecule has 1 fully saturated rings. The van der Waals surface area contributed by atoms with Crippen molar-refractivity contribution in [2.24, 2.45) is 7.05 Å². The van der Waals surface area contributed by atoms with Gasteiger partial charge in [0, 0.05) is 45.5 Å². The first kappa shape index (κ1) is 17.8. The number of ether oxygens (including phenoxy) is 1. The number of pyridine rings is 1. The summed E-state index contributed by atoms with van der Waals surface area (Å²) in [6.07, 6.45) is 6.31. The fraction of sp³-hybridized carbons (Fsp3) is 0.474. The van der Waals surface area contributed by atoms with Crippen LogP contribution in [0.25, 0.3) is 11.0 Å². The molecule has 27 heavy (non-hydrogen) atoms. The number of hydrogen-bond acceptors (Lipinski definition) is 7. The monoisotopic (exact) mass is 367 g/mol. The SMILES string of the molecule is CCc1nc(NC[C@@H](c2ccncc2)N2CCOCC2)c2cnn(C)c2n1. The molecule has 0 unspecified atom stereocenters. The molecule has 1 saturated heterocycles. The molecule has 8 nitrogen and oxygen atoms in total. The normalized spacial score (nSPS) is 16.5. The minimum atomic E-state index is 0.226. The van der Waals surface area contributed by atoms with Crippen LogP contribution >= 0.6 is 0 Å². The molecule has 142 valence electrons. The molecule has 0 radical (unpaired) electrons. The molecule has 4 heterocycles. The topological polar surface area (TPSA) is 81.0 Å². The Labute approximate surface area is 158 Å². The highest BCUT2D eigenvalue weighted by Crippen LogP contribution is 2.24. The van der Waals surface area contributed by atoms with Crippen LogP contribution in [-0.2, 0) is 18.2 Å². The van der Waals surface area contributed by atoms with E-state index in [2.05, 4.69) is 44.3 Å². The number of anilines is 1. The maximum atomic E-state index is 5.53. The molecule has 1 aliphatic heterocycles. The van der Waals surface area contributed by atoms with Gasteiger partial charge in [-0.25, -0.2) is 9.97 Å². The van der Waals surface area contributed by atoms with Gasteiger partial charge in [-0.1, -0.05) is 6.92 Å². The lowest BCUT2D eigenvalue weighted by Crippen LogP contribution is -2.41. The largest absolute Gasteiger partial charge is 0.379 e. The maximum Gasteiger partial charge on any atom is 0.163 e. The van der Waals surface area contributed by atoms with Crippen LogP contribution in [0.4, 0.5) is 5.82 Å². The summed E-state index contributed by atoms with van der Waals surface area (Å²) < 4.78 is 7.33. The fourth-order valence-electron chi connectivity index (χ4n) is 3.49. The van der Waals surface area contributed by atoms with Gasteiger partial charge in [0.05, 0.1) is 30.8 Å². The van der Waals surface area contributed by atoms with Crippen molar-refractivity contribution in [3.63, 3.8) is 0 Å². The molecule has 0 bridgehead atoms. The summed E-state index contributed by atoms with van der Waals surface area (Å²) in [6, 6.07) is 4.39. The van der Waals surface area contributed by atoms with Gasteiger partial charge in [-0.3, -0.25) is 14.6 Å². The van der Waals surface area contributed by atoms with Crippen LogP contribution in [0.5, 0.6) is 0 Å². The molecule has 4 rings (SSSR count). The predicted molar refractivity (Wildman–Crippen MR) is 104 cm³/mol. The van der Waals surface area contributed by atoms with Gasteiger partial charge >= 0.3 is 0 Å². The van der Waals surface area contributed by atoms with E-state index in [1.807, 2.05) is 25.6 Å². The lowest BCUT2D eigenvalue weighted by atomic mass is 10.1. The summed E-state index contributed by atoms with van der Waals surface area (Å²) >= 11 is 0. The zero-order valence-corrected chi connectivity index (χ0v) is 15.8. The molecule has 1 atom stereocenters. The van der Waals surface area contributed by atoms with E-state index in [4.69, 9.17) is 9.72 Å². The Morgan fingerprint density at radius 3 is 2.70 bits per heavy atom. The number of nitrogens with zero attached hydrogens (tertiary/aromatic N) is 6. The maximum absolute atomic E-state index is 5.53. The molecule has 1 aliphatic rings. The minimum absolute atomic E-state index is 0.226. The van der Waals surface area contributed by atoms with E-state index in [1.165, 1.54) is 5.56 Å². The van der Waals surface area contributed by atoms with Crippen molar-refractivity contribution in [2.75, 3.05) is 38.2 Å². The zero-order valence-electron chi connectivity index (χ0n) is 15.8. The molecule has 0 aliphatic carbocycles. The molecule has 3 aromatic rings. The first-order valence-electron chi connectivity index (χ1n) is 9.40. The summed E-state index contributed by atoms with van der Waals surface area (Å²) in [5.74, 6) is 1.66. The molecule has 8 heteroatoms. The number of fused-ring (bicyclic) bond motifs is 1. The first-order chi connectivity index (χ1) is 13.3. The van der Waals surface area contributed by atoms with Crippen LogP contribution in [0.3, 0.4) is 0 Å². The van der Waals surface area contributed by atoms with Gasteiger partial charge in [0.15, 0.2) is 5.65 Å². The average molecular weight is 367 g/mol. The van der Waals surface area contributed by atoms with Crippen LogP contribution in [0.15, 0.2) is 30.7 Å². The van der Waals surface area contributed by atoms with Gasteiger partial charge < -0.3 is 10.1 Å². The van der Waals surface area contributed by atoms with Gasteiger partial charge in [0.2, 0.25) is 0 Å². The fourth-order valence-corrected chi connectivity index (χ4v) is 3.49. The standard InChI is InChI=1S/C19H25N7O/c1-3-17-23-18(15-12-22-25(2)19(15)24-17)21-13-16(14-4-6-20-7-5-14)26-8-10-27-11-9-26/h4-7,12,16H,3,8-11,13H2,1-2H3,(H,21,23,24)/t16-/m0/s1. The van der Waals surface area contributed by atoms with Gasteiger partial charge in [-0.15, -0.1) is 0 Å². The number of aryl methyl sites for hydroxylation is 2. The molecule has 1 N–H and O–H groups in total. The van der Waals surface area contributed by atoms with Crippen LogP contribution in [0.2, 0.25) is 0 Å². The van der Waals surface area contributed by atoms with E-state index in [1.54, 1.807) is 4.68 Å². The van der Waals surface area contributed by atoms with Crippen LogP contribution in [-0.4, -0.2) is 62.5 Å². The van der Waals surface area contributed by atoms with Gasteiger partial charge in [-0.05, 0) is 17.7 Å². The van der Waals surface area contributed by atoms with Gasteiger partial charge in [-0.2, -0.15) is 5.10 Å². The van der Waals surface area contributed by atoms with Crippen molar-refractivity contribution in [1.82, 2.24) is 29.6 Å². The molecule has 0 aromatic carbocycles. The lowest BCUT2D eigenvalue weighted by molar-refractivity contribution is 0.0187. The summed E-state index contributed by atoms with van der Waals surface area (Å²) in [5, 5.41) is 8.86. The van der Waals surface area contributed by atoms with Crippen LogP contribution < -0.4 is 5.32 Å². The Hall–Kier alpha value is -2.58. The van der Waals surface area contributed by atoms with E-state index in [9.17, 15) is 0 Å². The highest BCUT2D eigenvalue weighted by molar-refractivity contribution is 5.86. The molecule has 0 spiro atoms. The van der Waals surface area contributed by atoms with Crippen LogP contribution in [0, 0.1) is 0 Å². The molecule has 0 saturated carbocycles. The third kappa shape index (κ3) is 3.77. The zero-order chi connectivity index (χ0) is 18.6. The van der Waals surface area contributed by atoms with Crippen molar-refractivity contribution in [3.8, 4) is 0 Å². The highest BCUT2D eigenvalue weighted by atomic mass is 16.5. The summed E-state index contributed by atoms with van der Waals surface area (Å²) in [7, 11) is 1.91. The second-order valence-electron chi connectivity index (χ2n) is 6.67. The molecule has 0 amide bonds. The second-order valence-corrected chi connectivity index (χ2v) is 6.67. The minimum Gasteiger partial charge on any atom is -0.379 e. The number of aromatic nitrogens is 5. The Balaban J connectivity index is 1.61. The smallest absolute Gasteiger partial charge is 0.163 e. The second kappa shape index (κ2) is 7.98. The van der Waals surface area contributed by atoms with Crippen molar-refractivity contribution in [2.45, 2.75) is 19.4 Å². The van der Waals surface area contributed by atoms with Crippen molar-refractivity contribution >= 4 is 16.9 Å².